The van der Waals surface area contributed by atoms with Crippen LogP contribution >= 0.6 is 11.8 Å². The fourth-order valence-corrected chi connectivity index (χ4v) is 5.13. The van der Waals surface area contributed by atoms with Gasteiger partial charge in [0.15, 0.2) is 0 Å². The Labute approximate surface area is 147 Å². The molecule has 0 radical (unpaired) electrons. The molecule has 1 aliphatic carbocycles. The number of fused-ring (bicyclic) bond motifs is 1. The molecule has 1 aromatic heterocycles. The maximum absolute atomic E-state index is 12.8. The average molecular weight is 341 g/mol. The summed E-state index contributed by atoms with van der Waals surface area (Å²) in [5.74, 6) is 0.179. The Hall–Kier alpha value is -1.75. The highest BCUT2D eigenvalue weighted by molar-refractivity contribution is 8.01. The minimum Gasteiger partial charge on any atom is -0.350 e. The van der Waals surface area contributed by atoms with Crippen molar-refractivity contribution < 1.29 is 4.79 Å². The van der Waals surface area contributed by atoms with Gasteiger partial charge < -0.3 is 5.32 Å². The topological polar surface area (TPSA) is 46.9 Å². The first kappa shape index (κ1) is 15.8. The molecule has 4 nitrogen and oxygen atoms in total. The molecule has 3 unspecified atom stereocenters. The zero-order valence-corrected chi connectivity index (χ0v) is 14.8. The number of aryl methyl sites for hydroxylation is 1. The van der Waals surface area contributed by atoms with Gasteiger partial charge in [0.05, 0.1) is 17.3 Å². The van der Waals surface area contributed by atoms with Crippen LogP contribution in [0.15, 0.2) is 41.6 Å². The number of nitrogens with zero attached hydrogens (tertiary/aromatic N) is 2. The van der Waals surface area contributed by atoms with Gasteiger partial charge in [-0.2, -0.15) is 5.10 Å². The molecule has 2 aromatic rings. The molecule has 0 spiro atoms. The molecular formula is C19H23N3OS. The molecule has 1 amide bonds. The molecule has 24 heavy (non-hydrogen) atoms. The summed E-state index contributed by atoms with van der Waals surface area (Å²) in [6.45, 7) is 2.10. The number of carbonyl (C=O) groups is 1. The molecule has 1 aromatic carbocycles. The zero-order chi connectivity index (χ0) is 16.5. The molecule has 0 bridgehead atoms. The number of rotatable bonds is 3. The van der Waals surface area contributed by atoms with E-state index in [-0.39, 0.29) is 23.2 Å². The van der Waals surface area contributed by atoms with E-state index in [0.29, 0.717) is 0 Å². The fraction of sp³-hybridized carbons (Fsp3) is 0.474. The van der Waals surface area contributed by atoms with Crippen LogP contribution in [0.4, 0.5) is 0 Å². The second-order valence-corrected chi connectivity index (χ2v) is 8.12. The summed E-state index contributed by atoms with van der Waals surface area (Å²) in [4.78, 5) is 14.1. The number of amides is 1. The molecule has 0 saturated heterocycles. The van der Waals surface area contributed by atoms with Gasteiger partial charge in [0.2, 0.25) is 5.91 Å². The normalized spacial score (nSPS) is 26.1. The lowest BCUT2D eigenvalue weighted by Crippen LogP contribution is -2.46. The first-order valence-corrected chi connectivity index (χ1v) is 9.64. The highest BCUT2D eigenvalue weighted by atomic mass is 32.2. The van der Waals surface area contributed by atoms with Crippen LogP contribution in [0, 0.1) is 6.92 Å². The Balaban J connectivity index is 1.44. The minimum atomic E-state index is 0.00185. The van der Waals surface area contributed by atoms with E-state index in [0.717, 1.165) is 19.3 Å². The molecule has 3 atom stereocenters. The number of benzene rings is 1. The van der Waals surface area contributed by atoms with Gasteiger partial charge in [-0.1, -0.05) is 30.5 Å². The minimum absolute atomic E-state index is 0.00185. The summed E-state index contributed by atoms with van der Waals surface area (Å²) >= 11 is 1.71. The van der Waals surface area contributed by atoms with Gasteiger partial charge in [-0.25, -0.2) is 0 Å². The number of aromatic nitrogens is 2. The van der Waals surface area contributed by atoms with Gasteiger partial charge in [-0.3, -0.25) is 9.48 Å². The highest BCUT2D eigenvalue weighted by Crippen LogP contribution is 2.38. The maximum atomic E-state index is 12.8. The first-order chi connectivity index (χ1) is 11.7. The fourth-order valence-electron chi connectivity index (χ4n) is 3.83. The van der Waals surface area contributed by atoms with Crippen molar-refractivity contribution in [3.8, 4) is 0 Å². The number of hydrogen-bond donors (Lipinski definition) is 1. The lowest BCUT2D eigenvalue weighted by Gasteiger charge is -2.33. The van der Waals surface area contributed by atoms with Crippen LogP contribution < -0.4 is 5.32 Å². The molecule has 1 fully saturated rings. The SMILES string of the molecule is Cc1ccc2c(c1)SC(C(=O)NC1CCCCC1n1cccn1)C2. The molecule has 1 aliphatic heterocycles. The predicted molar refractivity (Wildman–Crippen MR) is 96.2 cm³/mol. The van der Waals surface area contributed by atoms with Crippen molar-refractivity contribution in [1.29, 1.82) is 0 Å². The van der Waals surface area contributed by atoms with Gasteiger partial charge >= 0.3 is 0 Å². The summed E-state index contributed by atoms with van der Waals surface area (Å²) in [7, 11) is 0. The van der Waals surface area contributed by atoms with Crippen molar-refractivity contribution in [2.24, 2.45) is 0 Å². The van der Waals surface area contributed by atoms with Gasteiger partial charge in [0.25, 0.3) is 0 Å². The van der Waals surface area contributed by atoms with Crippen LogP contribution in [-0.2, 0) is 11.2 Å². The van der Waals surface area contributed by atoms with Crippen molar-refractivity contribution in [2.45, 2.75) is 61.3 Å². The third kappa shape index (κ3) is 3.09. The lowest BCUT2D eigenvalue weighted by atomic mass is 9.90. The van der Waals surface area contributed by atoms with Crippen molar-refractivity contribution in [3.05, 3.63) is 47.8 Å². The van der Waals surface area contributed by atoms with E-state index in [1.165, 1.54) is 28.9 Å². The largest absolute Gasteiger partial charge is 0.350 e. The quantitative estimate of drug-likeness (QED) is 0.929. The Morgan fingerprint density at radius 1 is 1.33 bits per heavy atom. The van der Waals surface area contributed by atoms with Crippen molar-refractivity contribution in [3.63, 3.8) is 0 Å². The standard InChI is InChI=1S/C19H23N3OS/c1-13-7-8-14-12-18(24-17(14)11-13)19(23)21-15-5-2-3-6-16(15)22-10-4-9-20-22/h4,7-11,15-16,18H,2-3,5-6,12H2,1H3,(H,21,23). The number of nitrogens with one attached hydrogen (secondary N) is 1. The zero-order valence-electron chi connectivity index (χ0n) is 13.9. The summed E-state index contributed by atoms with van der Waals surface area (Å²) < 4.78 is 2.02. The van der Waals surface area contributed by atoms with E-state index in [9.17, 15) is 4.79 Å². The molecule has 4 rings (SSSR count). The van der Waals surface area contributed by atoms with Crippen molar-refractivity contribution in [1.82, 2.24) is 15.1 Å². The van der Waals surface area contributed by atoms with Crippen LogP contribution in [0.25, 0.3) is 0 Å². The van der Waals surface area contributed by atoms with Crippen LogP contribution in [0.3, 0.4) is 0 Å². The van der Waals surface area contributed by atoms with Gasteiger partial charge in [0.1, 0.15) is 0 Å². The van der Waals surface area contributed by atoms with E-state index < -0.39 is 0 Å². The van der Waals surface area contributed by atoms with Gasteiger partial charge in [0, 0.05) is 17.3 Å². The highest BCUT2D eigenvalue weighted by Gasteiger charge is 2.33. The second kappa shape index (κ2) is 6.63. The van der Waals surface area contributed by atoms with Crippen LogP contribution in [0.2, 0.25) is 0 Å². The smallest absolute Gasteiger partial charge is 0.234 e. The molecule has 1 saturated carbocycles. The van der Waals surface area contributed by atoms with E-state index in [1.807, 2.05) is 23.1 Å². The Morgan fingerprint density at radius 3 is 3.04 bits per heavy atom. The Kier molecular flexibility index (Phi) is 4.35. The third-order valence-electron chi connectivity index (χ3n) is 5.11. The number of carbonyl (C=O) groups excluding carboxylic acids is 1. The van der Waals surface area contributed by atoms with E-state index >= 15 is 0 Å². The molecule has 126 valence electrons. The second-order valence-electron chi connectivity index (χ2n) is 6.87. The number of thioether (sulfide) groups is 1. The van der Waals surface area contributed by atoms with E-state index in [2.05, 4.69) is 35.5 Å². The van der Waals surface area contributed by atoms with Gasteiger partial charge in [-0.15, -0.1) is 11.8 Å². The van der Waals surface area contributed by atoms with Crippen molar-refractivity contribution in [2.75, 3.05) is 0 Å². The molecule has 2 aliphatic rings. The Bertz CT molecular complexity index is 728. The van der Waals surface area contributed by atoms with E-state index in [4.69, 9.17) is 0 Å². The third-order valence-corrected chi connectivity index (χ3v) is 6.41. The summed E-state index contributed by atoms with van der Waals surface area (Å²) in [6, 6.07) is 8.93. The molecule has 1 N–H and O–H groups in total. The summed E-state index contributed by atoms with van der Waals surface area (Å²) in [5, 5.41) is 7.73. The Morgan fingerprint density at radius 2 is 2.21 bits per heavy atom. The first-order valence-electron chi connectivity index (χ1n) is 8.76. The molecule has 2 heterocycles. The monoisotopic (exact) mass is 341 g/mol. The van der Waals surface area contributed by atoms with Crippen LogP contribution in [0.5, 0.6) is 0 Å². The maximum Gasteiger partial charge on any atom is 0.234 e. The van der Waals surface area contributed by atoms with Gasteiger partial charge in [-0.05, 0) is 43.9 Å². The van der Waals surface area contributed by atoms with Crippen molar-refractivity contribution >= 4 is 17.7 Å². The van der Waals surface area contributed by atoms with Crippen LogP contribution in [0.1, 0.15) is 42.9 Å². The molecule has 5 heteroatoms. The average Bonchev–Trinajstić information content (AvgIpc) is 3.24. The molecular weight excluding hydrogens is 318 g/mol. The van der Waals surface area contributed by atoms with E-state index in [1.54, 1.807) is 11.8 Å². The predicted octanol–water partition coefficient (Wildman–Crippen LogP) is 3.51. The number of hydrogen-bond acceptors (Lipinski definition) is 3. The summed E-state index contributed by atoms with van der Waals surface area (Å²) in [6.07, 6.45) is 9.19. The van der Waals surface area contributed by atoms with Crippen LogP contribution in [-0.4, -0.2) is 27.0 Å². The summed E-state index contributed by atoms with van der Waals surface area (Å²) in [5.41, 5.74) is 2.56. The lowest BCUT2D eigenvalue weighted by molar-refractivity contribution is -0.121.